The zero-order valence-electron chi connectivity index (χ0n) is 13.9. The molecule has 3 aromatic rings. The summed E-state index contributed by atoms with van der Waals surface area (Å²) < 4.78 is 5.18. The zero-order chi connectivity index (χ0) is 17.8. The molecule has 2 aromatic carbocycles. The molecule has 6 heteroatoms. The molecule has 0 saturated carbocycles. The van der Waals surface area contributed by atoms with Crippen LogP contribution in [0.15, 0.2) is 54.6 Å². The van der Waals surface area contributed by atoms with Gasteiger partial charge in [0.05, 0.1) is 12.6 Å². The number of rotatable bonds is 4. The maximum Gasteiger partial charge on any atom is 0.274 e. The van der Waals surface area contributed by atoms with Gasteiger partial charge >= 0.3 is 0 Å². The van der Waals surface area contributed by atoms with E-state index in [1.54, 1.807) is 43.5 Å². The molecule has 1 heterocycles. The van der Waals surface area contributed by atoms with Gasteiger partial charge in [0, 0.05) is 23.7 Å². The van der Waals surface area contributed by atoms with Crippen molar-refractivity contribution in [2.45, 2.75) is 6.92 Å². The third kappa shape index (κ3) is 3.92. The first-order chi connectivity index (χ1) is 12.0. The molecule has 3 rings (SSSR count). The van der Waals surface area contributed by atoms with Crippen LogP contribution in [0, 0.1) is 0 Å². The Hall–Kier alpha value is -3.41. The Morgan fingerprint density at radius 1 is 0.920 bits per heavy atom. The Kier molecular flexibility index (Phi) is 4.61. The van der Waals surface area contributed by atoms with Gasteiger partial charge in [-0.3, -0.25) is 9.59 Å². The van der Waals surface area contributed by atoms with E-state index in [9.17, 15) is 9.59 Å². The van der Waals surface area contributed by atoms with Crippen molar-refractivity contribution in [3.05, 3.63) is 60.3 Å². The van der Waals surface area contributed by atoms with Gasteiger partial charge in [0.25, 0.3) is 5.91 Å². The van der Waals surface area contributed by atoms with Gasteiger partial charge in [0.2, 0.25) is 5.91 Å². The van der Waals surface area contributed by atoms with Crippen molar-refractivity contribution in [3.8, 4) is 5.75 Å². The summed E-state index contributed by atoms with van der Waals surface area (Å²) in [6.45, 7) is 1.44. The fourth-order valence-corrected chi connectivity index (χ4v) is 2.39. The van der Waals surface area contributed by atoms with Crippen LogP contribution in [-0.2, 0) is 4.79 Å². The first-order valence-corrected chi connectivity index (χ1v) is 7.69. The number of anilines is 2. The van der Waals surface area contributed by atoms with Gasteiger partial charge in [-0.1, -0.05) is 6.07 Å². The highest BCUT2D eigenvalue weighted by Gasteiger charge is 2.09. The van der Waals surface area contributed by atoms with Crippen LogP contribution in [-0.4, -0.2) is 23.9 Å². The van der Waals surface area contributed by atoms with Crippen LogP contribution in [0.5, 0.6) is 5.75 Å². The van der Waals surface area contributed by atoms with Gasteiger partial charge in [-0.15, -0.1) is 0 Å². The average molecular weight is 335 g/mol. The highest BCUT2D eigenvalue weighted by atomic mass is 16.5. The number of hydrogen-bond donors (Lipinski definition) is 2. The molecule has 0 saturated heterocycles. The molecule has 0 bridgehead atoms. The van der Waals surface area contributed by atoms with Gasteiger partial charge in [0.15, 0.2) is 0 Å². The van der Waals surface area contributed by atoms with Crippen molar-refractivity contribution in [3.63, 3.8) is 0 Å². The quantitative estimate of drug-likeness (QED) is 0.765. The van der Waals surface area contributed by atoms with Gasteiger partial charge in [-0.25, -0.2) is 4.98 Å². The van der Waals surface area contributed by atoms with Crippen molar-refractivity contribution in [2.24, 2.45) is 0 Å². The van der Waals surface area contributed by atoms with Gasteiger partial charge in [-0.2, -0.15) is 0 Å². The highest BCUT2D eigenvalue weighted by molar-refractivity contribution is 6.04. The Labute approximate surface area is 144 Å². The number of aromatic nitrogens is 1. The number of amides is 2. The van der Waals surface area contributed by atoms with E-state index < -0.39 is 0 Å². The highest BCUT2D eigenvalue weighted by Crippen LogP contribution is 2.20. The smallest absolute Gasteiger partial charge is 0.274 e. The second kappa shape index (κ2) is 7.00. The number of methoxy groups -OCH3 is 1. The molecule has 2 amide bonds. The summed E-state index contributed by atoms with van der Waals surface area (Å²) in [6.07, 6.45) is 0. The second-order valence-electron chi connectivity index (χ2n) is 5.47. The molecular weight excluding hydrogens is 318 g/mol. The van der Waals surface area contributed by atoms with Crippen molar-refractivity contribution >= 4 is 34.1 Å². The van der Waals surface area contributed by atoms with Crippen LogP contribution in [0.1, 0.15) is 17.4 Å². The normalized spacial score (nSPS) is 10.3. The maximum atomic E-state index is 12.4. The minimum absolute atomic E-state index is 0.145. The van der Waals surface area contributed by atoms with E-state index in [1.165, 1.54) is 6.92 Å². The van der Waals surface area contributed by atoms with Crippen molar-refractivity contribution < 1.29 is 14.3 Å². The van der Waals surface area contributed by atoms with E-state index in [-0.39, 0.29) is 11.8 Å². The second-order valence-corrected chi connectivity index (χ2v) is 5.47. The van der Waals surface area contributed by atoms with E-state index in [1.807, 2.05) is 18.2 Å². The molecule has 6 nitrogen and oxygen atoms in total. The number of carbonyl (C=O) groups is 2. The van der Waals surface area contributed by atoms with Crippen LogP contribution in [0.25, 0.3) is 10.9 Å². The van der Waals surface area contributed by atoms with Crippen LogP contribution in [0.2, 0.25) is 0 Å². The SMILES string of the molecule is COc1ccc2nc(C(=O)Nc3ccc(NC(C)=O)cc3)ccc2c1. The number of ether oxygens (including phenoxy) is 1. The maximum absolute atomic E-state index is 12.4. The van der Waals surface area contributed by atoms with Crippen LogP contribution in [0.3, 0.4) is 0 Å². The topological polar surface area (TPSA) is 80.3 Å². The molecule has 25 heavy (non-hydrogen) atoms. The fourth-order valence-electron chi connectivity index (χ4n) is 2.39. The third-order valence-electron chi connectivity index (χ3n) is 3.59. The lowest BCUT2D eigenvalue weighted by molar-refractivity contribution is -0.114. The van der Waals surface area contributed by atoms with Crippen LogP contribution < -0.4 is 15.4 Å². The predicted octanol–water partition coefficient (Wildman–Crippen LogP) is 3.45. The fraction of sp³-hybridized carbons (Fsp3) is 0.105. The summed E-state index contributed by atoms with van der Waals surface area (Å²) in [5.74, 6) is 0.296. The summed E-state index contributed by atoms with van der Waals surface area (Å²) in [5.41, 5.74) is 2.33. The molecule has 126 valence electrons. The van der Waals surface area contributed by atoms with Gasteiger partial charge < -0.3 is 15.4 Å². The zero-order valence-corrected chi connectivity index (χ0v) is 13.9. The first-order valence-electron chi connectivity index (χ1n) is 7.69. The Morgan fingerprint density at radius 3 is 2.24 bits per heavy atom. The largest absolute Gasteiger partial charge is 0.497 e. The van der Waals surface area contributed by atoms with Crippen molar-refractivity contribution in [1.82, 2.24) is 4.98 Å². The molecule has 2 N–H and O–H groups in total. The summed E-state index contributed by atoms with van der Waals surface area (Å²) in [5, 5.41) is 6.36. The molecule has 0 fully saturated rings. The van der Waals surface area contributed by atoms with E-state index in [4.69, 9.17) is 4.74 Å². The number of nitrogens with zero attached hydrogens (tertiary/aromatic N) is 1. The summed E-state index contributed by atoms with van der Waals surface area (Å²) >= 11 is 0. The lowest BCUT2D eigenvalue weighted by atomic mass is 10.2. The van der Waals surface area contributed by atoms with E-state index in [2.05, 4.69) is 15.6 Å². The molecule has 0 aliphatic rings. The summed E-state index contributed by atoms with van der Waals surface area (Å²) in [4.78, 5) is 27.8. The number of pyridine rings is 1. The molecular formula is C19H17N3O3. The van der Waals surface area contributed by atoms with Crippen LogP contribution in [0.4, 0.5) is 11.4 Å². The molecule has 0 aliphatic heterocycles. The lowest BCUT2D eigenvalue weighted by Crippen LogP contribution is -2.13. The summed E-state index contributed by atoms with van der Waals surface area (Å²) in [6, 6.07) is 15.9. The number of carbonyl (C=O) groups excluding carboxylic acids is 2. The minimum Gasteiger partial charge on any atom is -0.497 e. The van der Waals surface area contributed by atoms with E-state index >= 15 is 0 Å². The predicted molar refractivity (Wildman–Crippen MR) is 97.0 cm³/mol. The number of hydrogen-bond acceptors (Lipinski definition) is 4. The van der Waals surface area contributed by atoms with Crippen molar-refractivity contribution in [1.29, 1.82) is 0 Å². The molecule has 0 unspecified atom stereocenters. The van der Waals surface area contributed by atoms with E-state index in [0.29, 0.717) is 17.1 Å². The molecule has 0 aliphatic carbocycles. The lowest BCUT2D eigenvalue weighted by Gasteiger charge is -2.08. The number of fused-ring (bicyclic) bond motifs is 1. The third-order valence-corrected chi connectivity index (χ3v) is 3.59. The van der Waals surface area contributed by atoms with E-state index in [0.717, 1.165) is 16.7 Å². The van der Waals surface area contributed by atoms with Crippen LogP contribution >= 0.6 is 0 Å². The standard InChI is InChI=1S/C19H17N3O3/c1-12(23)20-14-4-6-15(7-5-14)21-19(24)18-9-3-13-11-16(25-2)8-10-17(13)22-18/h3-11H,1-2H3,(H,20,23)(H,21,24). The molecule has 0 atom stereocenters. The molecule has 0 radical (unpaired) electrons. The average Bonchev–Trinajstić information content (AvgIpc) is 2.62. The summed E-state index contributed by atoms with van der Waals surface area (Å²) in [7, 11) is 1.60. The monoisotopic (exact) mass is 335 g/mol. The van der Waals surface area contributed by atoms with Crippen molar-refractivity contribution in [2.75, 3.05) is 17.7 Å². The Morgan fingerprint density at radius 2 is 1.60 bits per heavy atom. The number of benzene rings is 2. The minimum atomic E-state index is -0.301. The Bertz CT molecular complexity index is 936. The van der Waals surface area contributed by atoms with Gasteiger partial charge in [-0.05, 0) is 48.5 Å². The number of nitrogens with one attached hydrogen (secondary N) is 2. The first kappa shape index (κ1) is 16.4. The Balaban J connectivity index is 1.76. The molecule has 0 spiro atoms. The molecule has 1 aromatic heterocycles. The van der Waals surface area contributed by atoms with Gasteiger partial charge in [0.1, 0.15) is 11.4 Å².